The maximum atomic E-state index is 12.8. The molecule has 0 unspecified atom stereocenters. The van der Waals surface area contributed by atoms with Crippen molar-refractivity contribution in [2.75, 3.05) is 33.3 Å². The van der Waals surface area contributed by atoms with Gasteiger partial charge in [0.15, 0.2) is 5.76 Å². The highest BCUT2D eigenvalue weighted by molar-refractivity contribution is 7.89. The number of rotatable bonds is 5. The van der Waals surface area contributed by atoms with E-state index < -0.39 is 16.0 Å². The Morgan fingerprint density at radius 3 is 2.68 bits per heavy atom. The van der Waals surface area contributed by atoms with Crippen LogP contribution in [0, 0.1) is 6.92 Å². The minimum absolute atomic E-state index is 0.0173. The van der Waals surface area contributed by atoms with Crippen LogP contribution < -0.4 is 0 Å². The molecule has 3 heterocycles. The molecular formula is C15H19N3O5S2. The van der Waals surface area contributed by atoms with Gasteiger partial charge in [-0.1, -0.05) is 5.16 Å². The fourth-order valence-electron chi connectivity index (χ4n) is 2.72. The summed E-state index contributed by atoms with van der Waals surface area (Å²) >= 11 is 1.07. The van der Waals surface area contributed by atoms with Crippen LogP contribution in [0.1, 0.15) is 21.1 Å². The molecule has 1 aliphatic heterocycles. The first-order valence-corrected chi connectivity index (χ1v) is 10.0. The number of hydrogen-bond acceptors (Lipinski definition) is 8. The van der Waals surface area contributed by atoms with E-state index >= 15 is 0 Å². The number of aryl methyl sites for hydroxylation is 1. The summed E-state index contributed by atoms with van der Waals surface area (Å²) in [4.78, 5) is 14.0. The third-order valence-electron chi connectivity index (χ3n) is 4.01. The van der Waals surface area contributed by atoms with Crippen LogP contribution >= 0.6 is 11.3 Å². The van der Waals surface area contributed by atoms with E-state index in [1.807, 2.05) is 13.0 Å². The Bertz CT molecular complexity index is 850. The highest BCUT2D eigenvalue weighted by atomic mass is 32.2. The molecule has 2 aromatic rings. The van der Waals surface area contributed by atoms with Crippen LogP contribution in [-0.2, 0) is 21.3 Å². The Balaban J connectivity index is 1.67. The fourth-order valence-corrected chi connectivity index (χ4v) is 5.45. The molecule has 25 heavy (non-hydrogen) atoms. The summed E-state index contributed by atoms with van der Waals surface area (Å²) in [5, 5.41) is 5.44. The van der Waals surface area contributed by atoms with E-state index in [1.54, 1.807) is 5.38 Å². The summed E-state index contributed by atoms with van der Waals surface area (Å²) in [6.45, 7) is 4.32. The molecule has 8 nitrogen and oxygen atoms in total. The quantitative estimate of drug-likeness (QED) is 0.717. The predicted octanol–water partition coefficient (Wildman–Crippen LogP) is 1.34. The van der Waals surface area contributed by atoms with Crippen molar-refractivity contribution in [1.29, 1.82) is 0 Å². The molecule has 0 saturated carbocycles. The van der Waals surface area contributed by atoms with Crippen molar-refractivity contribution < 1.29 is 22.5 Å². The Kier molecular flexibility index (Phi) is 5.23. The van der Waals surface area contributed by atoms with E-state index in [2.05, 4.69) is 14.8 Å². The minimum atomic E-state index is -3.72. The number of carbonyl (C=O) groups is 1. The molecule has 136 valence electrons. The van der Waals surface area contributed by atoms with E-state index in [9.17, 15) is 13.2 Å². The molecule has 3 rings (SSSR count). The second kappa shape index (κ2) is 7.24. The van der Waals surface area contributed by atoms with Crippen molar-refractivity contribution in [1.82, 2.24) is 14.4 Å². The molecule has 1 aliphatic rings. The van der Waals surface area contributed by atoms with Crippen molar-refractivity contribution >= 4 is 27.3 Å². The summed E-state index contributed by atoms with van der Waals surface area (Å²) in [6.07, 6.45) is 0. The average molecular weight is 385 g/mol. The number of nitrogens with zero attached hydrogens (tertiary/aromatic N) is 3. The first kappa shape index (κ1) is 18.1. The highest BCUT2D eigenvalue weighted by Gasteiger charge is 2.33. The monoisotopic (exact) mass is 385 g/mol. The number of thiophene rings is 1. The van der Waals surface area contributed by atoms with Crippen molar-refractivity contribution in [2.24, 2.45) is 0 Å². The molecule has 10 heteroatoms. The molecule has 1 saturated heterocycles. The summed E-state index contributed by atoms with van der Waals surface area (Å²) < 4.78 is 36.9. The molecule has 0 aliphatic carbocycles. The predicted molar refractivity (Wildman–Crippen MR) is 90.9 cm³/mol. The summed E-state index contributed by atoms with van der Waals surface area (Å²) in [5.41, 5.74) is 0.823. The van der Waals surface area contributed by atoms with Crippen LogP contribution in [-0.4, -0.2) is 62.0 Å². The smallest absolute Gasteiger partial charge is 0.349 e. The van der Waals surface area contributed by atoms with Crippen molar-refractivity contribution in [2.45, 2.75) is 18.4 Å². The van der Waals surface area contributed by atoms with Crippen LogP contribution in [0.3, 0.4) is 0 Å². The molecule has 0 atom stereocenters. The van der Waals surface area contributed by atoms with E-state index in [0.717, 1.165) is 22.8 Å². The molecule has 0 radical (unpaired) electrons. The van der Waals surface area contributed by atoms with Gasteiger partial charge in [0, 0.05) is 32.2 Å². The molecule has 0 aromatic carbocycles. The number of methoxy groups -OCH3 is 1. The molecule has 0 spiro atoms. The van der Waals surface area contributed by atoms with Crippen molar-refractivity contribution in [3.8, 4) is 0 Å². The summed E-state index contributed by atoms with van der Waals surface area (Å²) in [7, 11) is -2.48. The summed E-state index contributed by atoms with van der Waals surface area (Å²) in [6, 6.07) is 3.33. The zero-order valence-corrected chi connectivity index (χ0v) is 15.6. The van der Waals surface area contributed by atoms with Crippen LogP contribution in [0.4, 0.5) is 0 Å². The normalized spacial score (nSPS) is 16.9. The molecule has 2 aromatic heterocycles. The molecular weight excluding hydrogens is 366 g/mol. The third kappa shape index (κ3) is 3.76. The van der Waals surface area contributed by atoms with E-state index in [0.29, 0.717) is 32.7 Å². The van der Waals surface area contributed by atoms with Gasteiger partial charge in [0.05, 0.1) is 19.3 Å². The number of aromatic nitrogens is 1. The maximum absolute atomic E-state index is 12.8. The topological polar surface area (TPSA) is 93.0 Å². The van der Waals surface area contributed by atoms with Gasteiger partial charge in [-0.05, 0) is 18.4 Å². The second-order valence-electron chi connectivity index (χ2n) is 5.72. The lowest BCUT2D eigenvalue weighted by atomic mass is 10.3. The fraction of sp³-hybridized carbons (Fsp3) is 0.467. The lowest BCUT2D eigenvalue weighted by molar-refractivity contribution is 0.0602. The van der Waals surface area contributed by atoms with Crippen LogP contribution in [0.2, 0.25) is 0 Å². The van der Waals surface area contributed by atoms with Gasteiger partial charge in [-0.15, -0.1) is 11.3 Å². The van der Waals surface area contributed by atoms with Gasteiger partial charge in [0.2, 0.25) is 10.0 Å². The van der Waals surface area contributed by atoms with Gasteiger partial charge in [0.25, 0.3) is 0 Å². The van der Waals surface area contributed by atoms with Crippen LogP contribution in [0.15, 0.2) is 26.9 Å². The Morgan fingerprint density at radius 1 is 1.36 bits per heavy atom. The zero-order chi connectivity index (χ0) is 18.0. The maximum Gasteiger partial charge on any atom is 0.349 e. The van der Waals surface area contributed by atoms with E-state index in [4.69, 9.17) is 4.52 Å². The van der Waals surface area contributed by atoms with Crippen molar-refractivity contribution in [3.05, 3.63) is 33.8 Å². The molecule has 0 bridgehead atoms. The SMILES string of the molecule is COC(=O)c1sccc1S(=O)(=O)N1CCN(Cc2cc(C)no2)CC1. The van der Waals surface area contributed by atoms with Gasteiger partial charge in [0.1, 0.15) is 9.77 Å². The Morgan fingerprint density at radius 2 is 2.08 bits per heavy atom. The highest BCUT2D eigenvalue weighted by Crippen LogP contribution is 2.26. The lowest BCUT2D eigenvalue weighted by Gasteiger charge is -2.33. The number of esters is 1. The Hall–Kier alpha value is -1.75. The van der Waals surface area contributed by atoms with Gasteiger partial charge in [-0.25, -0.2) is 13.2 Å². The zero-order valence-electron chi connectivity index (χ0n) is 14.0. The molecule has 0 amide bonds. The van der Waals surface area contributed by atoms with Gasteiger partial charge >= 0.3 is 5.97 Å². The van der Waals surface area contributed by atoms with Crippen molar-refractivity contribution in [3.63, 3.8) is 0 Å². The third-order valence-corrected chi connectivity index (χ3v) is 6.97. The van der Waals surface area contributed by atoms with Gasteiger partial charge < -0.3 is 9.26 Å². The van der Waals surface area contributed by atoms with Crippen LogP contribution in [0.5, 0.6) is 0 Å². The second-order valence-corrected chi connectivity index (χ2v) is 8.54. The standard InChI is InChI=1S/C15H19N3O5S2/c1-11-9-12(23-16-11)10-17-4-6-18(7-5-17)25(20,21)13-3-8-24-14(13)15(19)22-2/h3,8-9H,4-7,10H2,1-2H3. The van der Waals surface area contributed by atoms with Gasteiger partial charge in [-0.2, -0.15) is 4.31 Å². The number of sulfonamides is 1. The summed E-state index contributed by atoms with van der Waals surface area (Å²) in [5.74, 6) is 0.132. The first-order valence-electron chi connectivity index (χ1n) is 7.72. The number of carbonyl (C=O) groups excluding carboxylic acids is 1. The number of ether oxygens (including phenoxy) is 1. The van der Waals surface area contributed by atoms with E-state index in [-0.39, 0.29) is 9.77 Å². The Labute approximate surface area is 150 Å². The number of piperazine rings is 1. The molecule has 0 N–H and O–H groups in total. The van der Waals surface area contributed by atoms with Gasteiger partial charge in [-0.3, -0.25) is 4.90 Å². The minimum Gasteiger partial charge on any atom is -0.465 e. The van der Waals surface area contributed by atoms with Crippen LogP contribution in [0.25, 0.3) is 0 Å². The number of hydrogen-bond donors (Lipinski definition) is 0. The molecule has 1 fully saturated rings. The average Bonchev–Trinajstić information content (AvgIpc) is 3.24. The van der Waals surface area contributed by atoms with E-state index in [1.165, 1.54) is 17.5 Å². The largest absolute Gasteiger partial charge is 0.465 e. The lowest BCUT2D eigenvalue weighted by Crippen LogP contribution is -2.48. The first-order chi connectivity index (χ1) is 11.9.